The van der Waals surface area contributed by atoms with Crippen molar-refractivity contribution in [2.24, 2.45) is 0 Å². The summed E-state index contributed by atoms with van der Waals surface area (Å²) in [6.45, 7) is 0.108. The highest BCUT2D eigenvalue weighted by Crippen LogP contribution is 2.20. The number of thioether (sulfide) groups is 1. The van der Waals surface area contributed by atoms with Crippen LogP contribution < -0.4 is 5.32 Å². The van der Waals surface area contributed by atoms with E-state index in [1.165, 1.54) is 36.0 Å². The standard InChI is InChI=1S/C16H13FN4O2S/c17-13-5-3-12(4-6-13)15(22)19-9-14-20-21-16(23-14)24-10-11-2-1-7-18-8-11/h1-8H,9-10H2,(H,19,22). The fourth-order valence-electron chi connectivity index (χ4n) is 1.86. The molecule has 2 aromatic heterocycles. The molecule has 1 amide bonds. The lowest BCUT2D eigenvalue weighted by Crippen LogP contribution is -2.22. The number of hydrogen-bond donors (Lipinski definition) is 1. The molecule has 0 aliphatic heterocycles. The van der Waals surface area contributed by atoms with E-state index in [9.17, 15) is 9.18 Å². The zero-order valence-electron chi connectivity index (χ0n) is 12.5. The van der Waals surface area contributed by atoms with Crippen LogP contribution in [0, 0.1) is 5.82 Å². The van der Waals surface area contributed by atoms with E-state index >= 15 is 0 Å². The van der Waals surface area contributed by atoms with Gasteiger partial charge < -0.3 is 9.73 Å². The van der Waals surface area contributed by atoms with Crippen molar-refractivity contribution >= 4 is 17.7 Å². The summed E-state index contributed by atoms with van der Waals surface area (Å²) in [7, 11) is 0. The summed E-state index contributed by atoms with van der Waals surface area (Å²) in [6, 6.07) is 9.10. The number of rotatable bonds is 6. The third-order valence-corrected chi connectivity index (χ3v) is 3.93. The van der Waals surface area contributed by atoms with Crippen LogP contribution in [0.5, 0.6) is 0 Å². The van der Waals surface area contributed by atoms with Crippen LogP contribution in [0.4, 0.5) is 4.39 Å². The summed E-state index contributed by atoms with van der Waals surface area (Å²) >= 11 is 1.39. The van der Waals surface area contributed by atoms with Gasteiger partial charge in [-0.2, -0.15) is 0 Å². The van der Waals surface area contributed by atoms with Crippen molar-refractivity contribution in [2.75, 3.05) is 0 Å². The molecule has 3 rings (SSSR count). The largest absolute Gasteiger partial charge is 0.414 e. The highest BCUT2D eigenvalue weighted by molar-refractivity contribution is 7.98. The van der Waals surface area contributed by atoms with Gasteiger partial charge in [-0.15, -0.1) is 10.2 Å². The number of carbonyl (C=O) groups is 1. The summed E-state index contributed by atoms with van der Waals surface area (Å²) < 4.78 is 18.3. The molecule has 3 aromatic rings. The first-order chi connectivity index (χ1) is 11.7. The van der Waals surface area contributed by atoms with Crippen molar-refractivity contribution in [3.8, 4) is 0 Å². The van der Waals surface area contributed by atoms with E-state index in [2.05, 4.69) is 20.5 Å². The molecule has 2 heterocycles. The summed E-state index contributed by atoms with van der Waals surface area (Å²) in [5.41, 5.74) is 1.41. The topological polar surface area (TPSA) is 80.9 Å². The van der Waals surface area contributed by atoms with Crippen LogP contribution in [-0.2, 0) is 12.3 Å². The van der Waals surface area contributed by atoms with Crippen LogP contribution in [-0.4, -0.2) is 21.1 Å². The van der Waals surface area contributed by atoms with Gasteiger partial charge in [0.15, 0.2) is 0 Å². The molecule has 6 nitrogen and oxygen atoms in total. The predicted molar refractivity (Wildman–Crippen MR) is 85.7 cm³/mol. The molecule has 0 saturated carbocycles. The van der Waals surface area contributed by atoms with E-state index in [-0.39, 0.29) is 12.5 Å². The first-order valence-electron chi connectivity index (χ1n) is 7.08. The number of halogens is 1. The van der Waals surface area contributed by atoms with Crippen molar-refractivity contribution in [3.63, 3.8) is 0 Å². The van der Waals surface area contributed by atoms with Crippen LogP contribution in [0.2, 0.25) is 0 Å². The second kappa shape index (κ2) is 7.69. The van der Waals surface area contributed by atoms with Gasteiger partial charge in [0.2, 0.25) is 5.89 Å². The first kappa shape index (κ1) is 16.1. The van der Waals surface area contributed by atoms with Crippen molar-refractivity contribution in [1.82, 2.24) is 20.5 Å². The smallest absolute Gasteiger partial charge is 0.276 e. The first-order valence-corrected chi connectivity index (χ1v) is 8.07. The number of nitrogens with zero attached hydrogens (tertiary/aromatic N) is 3. The Labute approximate surface area is 141 Å². The zero-order valence-corrected chi connectivity index (χ0v) is 13.3. The molecule has 0 aliphatic rings. The van der Waals surface area contributed by atoms with E-state index in [0.29, 0.717) is 22.4 Å². The molecule has 122 valence electrons. The fourth-order valence-corrected chi connectivity index (χ4v) is 2.57. The summed E-state index contributed by atoms with van der Waals surface area (Å²) in [5, 5.41) is 10.9. The quantitative estimate of drug-likeness (QED) is 0.693. The Kier molecular flexibility index (Phi) is 5.17. The van der Waals surface area contributed by atoms with Gasteiger partial charge >= 0.3 is 0 Å². The van der Waals surface area contributed by atoms with Crippen molar-refractivity contribution in [3.05, 3.63) is 71.6 Å². The normalized spacial score (nSPS) is 10.5. The zero-order chi connectivity index (χ0) is 16.8. The third-order valence-electron chi connectivity index (χ3n) is 3.04. The Hall–Kier alpha value is -2.74. The molecular formula is C16H13FN4O2S. The van der Waals surface area contributed by atoms with Gasteiger partial charge in [0.1, 0.15) is 5.82 Å². The van der Waals surface area contributed by atoms with Gasteiger partial charge in [0.05, 0.1) is 6.54 Å². The molecule has 0 radical (unpaired) electrons. The molecule has 0 unspecified atom stereocenters. The third kappa shape index (κ3) is 4.39. The summed E-state index contributed by atoms with van der Waals surface area (Å²) in [4.78, 5) is 15.9. The Morgan fingerprint density at radius 1 is 1.21 bits per heavy atom. The van der Waals surface area contributed by atoms with Gasteiger partial charge in [-0.25, -0.2) is 4.39 Å². The second-order valence-corrected chi connectivity index (χ2v) is 5.73. The summed E-state index contributed by atoms with van der Waals surface area (Å²) in [5.74, 6) is 0.243. The van der Waals surface area contributed by atoms with Crippen molar-refractivity contribution < 1.29 is 13.6 Å². The Morgan fingerprint density at radius 3 is 2.79 bits per heavy atom. The van der Waals surface area contributed by atoms with Crippen molar-refractivity contribution in [2.45, 2.75) is 17.5 Å². The van der Waals surface area contributed by atoms with Crippen LogP contribution in [0.25, 0.3) is 0 Å². The Balaban J connectivity index is 1.50. The average Bonchev–Trinajstić information content (AvgIpc) is 3.07. The number of benzene rings is 1. The summed E-state index contributed by atoms with van der Waals surface area (Å²) in [6.07, 6.45) is 3.48. The molecule has 0 bridgehead atoms. The predicted octanol–water partition coefficient (Wildman–Crippen LogP) is 2.83. The van der Waals surface area contributed by atoms with E-state index in [4.69, 9.17) is 4.42 Å². The minimum Gasteiger partial charge on any atom is -0.414 e. The molecule has 0 atom stereocenters. The van der Waals surface area contributed by atoms with Gasteiger partial charge in [0, 0.05) is 23.7 Å². The lowest BCUT2D eigenvalue weighted by molar-refractivity contribution is 0.0946. The molecule has 0 spiro atoms. The molecule has 0 fully saturated rings. The Bertz CT molecular complexity index is 808. The lowest BCUT2D eigenvalue weighted by Gasteiger charge is -2.02. The van der Waals surface area contributed by atoms with Gasteiger partial charge in [-0.1, -0.05) is 17.8 Å². The van der Waals surface area contributed by atoms with E-state index in [1.54, 1.807) is 12.4 Å². The molecule has 0 saturated heterocycles. The van der Waals surface area contributed by atoms with Gasteiger partial charge in [0.25, 0.3) is 11.1 Å². The van der Waals surface area contributed by atoms with Crippen LogP contribution in [0.3, 0.4) is 0 Å². The number of hydrogen-bond acceptors (Lipinski definition) is 6. The highest BCUT2D eigenvalue weighted by atomic mass is 32.2. The van der Waals surface area contributed by atoms with Gasteiger partial charge in [-0.05, 0) is 35.9 Å². The fraction of sp³-hybridized carbons (Fsp3) is 0.125. The van der Waals surface area contributed by atoms with E-state index in [1.807, 2.05) is 12.1 Å². The highest BCUT2D eigenvalue weighted by Gasteiger charge is 2.10. The molecular weight excluding hydrogens is 331 g/mol. The van der Waals surface area contributed by atoms with Gasteiger partial charge in [-0.3, -0.25) is 9.78 Å². The molecule has 24 heavy (non-hydrogen) atoms. The Morgan fingerprint density at radius 2 is 2.04 bits per heavy atom. The maximum absolute atomic E-state index is 12.8. The number of carbonyl (C=O) groups excluding carboxylic acids is 1. The number of aromatic nitrogens is 3. The monoisotopic (exact) mass is 344 g/mol. The van der Waals surface area contributed by atoms with Crippen LogP contribution in [0.1, 0.15) is 21.8 Å². The molecule has 8 heteroatoms. The molecule has 0 aliphatic carbocycles. The van der Waals surface area contributed by atoms with Crippen molar-refractivity contribution in [1.29, 1.82) is 0 Å². The minimum absolute atomic E-state index is 0.108. The van der Waals surface area contributed by atoms with E-state index < -0.39 is 5.82 Å². The van der Waals surface area contributed by atoms with Crippen LogP contribution in [0.15, 0.2) is 58.4 Å². The maximum Gasteiger partial charge on any atom is 0.276 e. The molecule has 1 N–H and O–H groups in total. The minimum atomic E-state index is -0.390. The lowest BCUT2D eigenvalue weighted by atomic mass is 10.2. The number of pyridine rings is 1. The number of amides is 1. The number of nitrogens with one attached hydrogen (secondary N) is 1. The van der Waals surface area contributed by atoms with Crippen LogP contribution >= 0.6 is 11.8 Å². The SMILES string of the molecule is O=C(NCc1nnc(SCc2cccnc2)o1)c1ccc(F)cc1. The average molecular weight is 344 g/mol. The van der Waals surface area contributed by atoms with E-state index in [0.717, 1.165) is 5.56 Å². The second-order valence-electron chi connectivity index (χ2n) is 4.80. The maximum atomic E-state index is 12.8. The molecule has 1 aromatic carbocycles.